The highest BCUT2D eigenvalue weighted by Crippen LogP contribution is 2.44. The van der Waals surface area contributed by atoms with E-state index in [-0.39, 0.29) is 16.8 Å². The normalized spacial score (nSPS) is 14.2. The Morgan fingerprint density at radius 1 is 0.810 bits per heavy atom. The van der Waals surface area contributed by atoms with Crippen LogP contribution in [-0.2, 0) is 6.61 Å². The van der Waals surface area contributed by atoms with Crippen LogP contribution in [0.25, 0.3) is 11.0 Å². The van der Waals surface area contributed by atoms with Gasteiger partial charge in [-0.05, 0) is 79.6 Å². The number of carbonyl (C=O) groups is 1. The van der Waals surface area contributed by atoms with Gasteiger partial charge in [-0.3, -0.25) is 14.5 Å². The zero-order valence-electron chi connectivity index (χ0n) is 23.1. The molecule has 1 aromatic heterocycles. The first-order valence-corrected chi connectivity index (χ1v) is 14.1. The van der Waals surface area contributed by atoms with Crippen molar-refractivity contribution in [2.45, 2.75) is 26.5 Å². The number of halogens is 1. The lowest BCUT2D eigenvalue weighted by molar-refractivity contribution is 0.0971. The molecule has 6 rings (SSSR count). The quantitative estimate of drug-likeness (QED) is 0.179. The molecule has 42 heavy (non-hydrogen) atoms. The fraction of sp³-hybridized carbons (Fsp3) is 0.176. The predicted octanol–water partition coefficient (Wildman–Crippen LogP) is 7.57. The van der Waals surface area contributed by atoms with E-state index in [0.29, 0.717) is 64.3 Å². The zero-order chi connectivity index (χ0) is 29.2. The molecule has 1 unspecified atom stereocenters. The fourth-order valence-electron chi connectivity index (χ4n) is 5.21. The highest BCUT2D eigenvalue weighted by atomic mass is 35.5. The summed E-state index contributed by atoms with van der Waals surface area (Å²) in [7, 11) is 0. The molecule has 7 nitrogen and oxygen atoms in total. The van der Waals surface area contributed by atoms with Gasteiger partial charge in [-0.15, -0.1) is 0 Å². The van der Waals surface area contributed by atoms with Crippen LogP contribution in [0.4, 0.5) is 5.69 Å². The van der Waals surface area contributed by atoms with Crippen LogP contribution in [0.1, 0.15) is 47.1 Å². The third-order valence-electron chi connectivity index (χ3n) is 7.08. The third kappa shape index (κ3) is 5.08. The average molecular weight is 582 g/mol. The Kier molecular flexibility index (Phi) is 7.59. The summed E-state index contributed by atoms with van der Waals surface area (Å²) in [5.41, 5.74) is 2.49. The van der Waals surface area contributed by atoms with Crippen LogP contribution in [0.2, 0.25) is 5.02 Å². The smallest absolute Gasteiger partial charge is 0.295 e. The average Bonchev–Trinajstić information content (AvgIpc) is 3.30. The first-order chi connectivity index (χ1) is 20.5. The Labute approximate surface area is 247 Å². The number of hydrogen-bond donors (Lipinski definition) is 0. The molecule has 0 aliphatic carbocycles. The van der Waals surface area contributed by atoms with Gasteiger partial charge in [0.05, 0.1) is 30.2 Å². The van der Waals surface area contributed by atoms with Gasteiger partial charge in [-0.2, -0.15) is 0 Å². The van der Waals surface area contributed by atoms with Crippen LogP contribution in [0, 0.1) is 0 Å². The second-order valence-corrected chi connectivity index (χ2v) is 10.2. The van der Waals surface area contributed by atoms with E-state index in [0.717, 1.165) is 5.56 Å². The van der Waals surface area contributed by atoms with Gasteiger partial charge in [0, 0.05) is 10.7 Å². The largest absolute Gasteiger partial charge is 0.494 e. The van der Waals surface area contributed by atoms with Crippen molar-refractivity contribution in [1.29, 1.82) is 0 Å². The molecule has 8 heteroatoms. The first-order valence-electron chi connectivity index (χ1n) is 13.7. The van der Waals surface area contributed by atoms with Gasteiger partial charge >= 0.3 is 0 Å². The molecule has 1 aliphatic rings. The summed E-state index contributed by atoms with van der Waals surface area (Å²) < 4.78 is 23.8. The molecular formula is C34H28ClNO6. The summed E-state index contributed by atoms with van der Waals surface area (Å²) in [5, 5.41) is 0.706. The lowest BCUT2D eigenvalue weighted by Gasteiger charge is -2.26. The lowest BCUT2D eigenvalue weighted by atomic mass is 9.97. The van der Waals surface area contributed by atoms with E-state index >= 15 is 0 Å². The Balaban J connectivity index is 1.48. The minimum atomic E-state index is -0.785. The van der Waals surface area contributed by atoms with Crippen LogP contribution in [0.15, 0.2) is 100 Å². The molecule has 0 radical (unpaired) electrons. The van der Waals surface area contributed by atoms with Gasteiger partial charge in [0.15, 0.2) is 16.9 Å². The van der Waals surface area contributed by atoms with Crippen molar-refractivity contribution >= 4 is 34.2 Å². The SMILES string of the molecule is CCOc1ccc(N2C(=O)c3oc4ccc(Cl)cc4c(=O)c3C2c2ccc(OCc3ccccc3)c(OCC)c2)cc1. The molecule has 0 saturated heterocycles. The second-order valence-electron chi connectivity index (χ2n) is 9.73. The van der Waals surface area contributed by atoms with Crippen molar-refractivity contribution in [3.63, 3.8) is 0 Å². The van der Waals surface area contributed by atoms with Crippen LogP contribution in [0.3, 0.4) is 0 Å². The Hall–Kier alpha value is -4.75. The molecule has 0 bridgehead atoms. The molecule has 4 aromatic carbocycles. The first kappa shape index (κ1) is 27.4. The Bertz CT molecular complexity index is 1820. The Morgan fingerprint density at radius 2 is 1.57 bits per heavy atom. The number of fused-ring (bicyclic) bond motifs is 2. The van der Waals surface area contributed by atoms with Crippen molar-refractivity contribution in [2.24, 2.45) is 0 Å². The van der Waals surface area contributed by atoms with E-state index in [1.807, 2.05) is 62.4 Å². The molecule has 212 valence electrons. The van der Waals surface area contributed by atoms with Crippen LogP contribution < -0.4 is 24.5 Å². The molecule has 2 heterocycles. The molecule has 1 atom stereocenters. The highest BCUT2D eigenvalue weighted by Gasteiger charge is 2.44. The number of carbonyl (C=O) groups excluding carboxylic acids is 1. The summed E-state index contributed by atoms with van der Waals surface area (Å²) in [6, 6.07) is 26.5. The zero-order valence-corrected chi connectivity index (χ0v) is 23.9. The van der Waals surface area contributed by atoms with Crippen LogP contribution in [0.5, 0.6) is 17.2 Å². The standard InChI is InChI=1S/C34H28ClNO6/c1-3-39-25-14-12-24(13-15-25)36-31(30-32(37)26-19-23(35)11-17-27(26)42-33(30)34(36)38)22-10-16-28(29(18-22)40-4-2)41-20-21-8-6-5-7-9-21/h5-19,31H,3-4,20H2,1-2H3. The summed E-state index contributed by atoms with van der Waals surface area (Å²) in [6.07, 6.45) is 0. The maximum atomic E-state index is 14.0. The summed E-state index contributed by atoms with van der Waals surface area (Å²) in [4.78, 5) is 29.5. The van der Waals surface area contributed by atoms with Gasteiger partial charge < -0.3 is 18.6 Å². The monoisotopic (exact) mass is 581 g/mol. The number of benzene rings is 4. The molecule has 0 N–H and O–H groups in total. The Morgan fingerprint density at radius 3 is 2.31 bits per heavy atom. The van der Waals surface area contributed by atoms with E-state index in [9.17, 15) is 9.59 Å². The van der Waals surface area contributed by atoms with Crippen molar-refractivity contribution < 1.29 is 23.4 Å². The van der Waals surface area contributed by atoms with Gasteiger partial charge in [0.25, 0.3) is 5.91 Å². The van der Waals surface area contributed by atoms with E-state index < -0.39 is 11.9 Å². The predicted molar refractivity (Wildman–Crippen MR) is 162 cm³/mol. The van der Waals surface area contributed by atoms with E-state index in [4.69, 9.17) is 30.2 Å². The van der Waals surface area contributed by atoms with E-state index in [2.05, 4.69) is 0 Å². The number of rotatable bonds is 9. The van der Waals surface area contributed by atoms with Crippen LogP contribution >= 0.6 is 11.6 Å². The molecule has 0 fully saturated rings. The molecule has 0 saturated carbocycles. The summed E-state index contributed by atoms with van der Waals surface area (Å²) >= 11 is 6.24. The van der Waals surface area contributed by atoms with Gasteiger partial charge in [-0.25, -0.2) is 0 Å². The third-order valence-corrected chi connectivity index (χ3v) is 7.31. The fourth-order valence-corrected chi connectivity index (χ4v) is 5.39. The minimum absolute atomic E-state index is 0.00364. The van der Waals surface area contributed by atoms with Crippen molar-refractivity contribution in [2.75, 3.05) is 18.1 Å². The number of amides is 1. The van der Waals surface area contributed by atoms with Crippen molar-refractivity contribution in [3.05, 3.63) is 129 Å². The summed E-state index contributed by atoms with van der Waals surface area (Å²) in [5.74, 6) is 1.31. The molecule has 0 spiro atoms. The van der Waals surface area contributed by atoms with Gasteiger partial charge in [-0.1, -0.05) is 48.0 Å². The number of hydrogen-bond acceptors (Lipinski definition) is 6. The van der Waals surface area contributed by atoms with E-state index in [1.165, 1.54) is 0 Å². The number of ether oxygens (including phenoxy) is 3. The summed E-state index contributed by atoms with van der Waals surface area (Å²) in [6.45, 7) is 5.07. The highest BCUT2D eigenvalue weighted by molar-refractivity contribution is 6.31. The van der Waals surface area contributed by atoms with Gasteiger partial charge in [0.2, 0.25) is 5.76 Å². The van der Waals surface area contributed by atoms with E-state index in [1.54, 1.807) is 47.4 Å². The second kappa shape index (κ2) is 11.6. The maximum absolute atomic E-state index is 14.0. The molecule has 1 amide bonds. The van der Waals surface area contributed by atoms with Gasteiger partial charge in [0.1, 0.15) is 17.9 Å². The van der Waals surface area contributed by atoms with Crippen molar-refractivity contribution in [1.82, 2.24) is 0 Å². The topological polar surface area (TPSA) is 78.2 Å². The molecule has 1 aliphatic heterocycles. The molecular weight excluding hydrogens is 554 g/mol. The number of anilines is 1. The molecule has 5 aromatic rings. The van der Waals surface area contributed by atoms with Crippen molar-refractivity contribution in [3.8, 4) is 17.2 Å². The van der Waals surface area contributed by atoms with Crippen LogP contribution in [-0.4, -0.2) is 19.1 Å². The minimum Gasteiger partial charge on any atom is -0.494 e. The lowest BCUT2D eigenvalue weighted by Crippen LogP contribution is -2.29. The number of nitrogens with zero attached hydrogens (tertiary/aromatic N) is 1. The maximum Gasteiger partial charge on any atom is 0.295 e.